The van der Waals surface area contributed by atoms with Crippen LogP contribution in [0.4, 0.5) is 0 Å². The average molecular weight is 333 g/mol. The summed E-state index contributed by atoms with van der Waals surface area (Å²) in [5.74, 6) is 1.61. The molecule has 1 aliphatic rings. The van der Waals surface area contributed by atoms with E-state index >= 15 is 0 Å². The van der Waals surface area contributed by atoms with E-state index in [4.69, 9.17) is 9.47 Å². The lowest BCUT2D eigenvalue weighted by Crippen LogP contribution is -2.32. The molecule has 23 heavy (non-hydrogen) atoms. The summed E-state index contributed by atoms with van der Waals surface area (Å²) in [5, 5.41) is 9.68. The van der Waals surface area contributed by atoms with E-state index in [0.29, 0.717) is 13.2 Å². The van der Waals surface area contributed by atoms with Crippen LogP contribution in [0.1, 0.15) is 17.4 Å². The number of hydrogen-bond donors (Lipinski definition) is 1. The maximum Gasteiger partial charge on any atom is 0.165 e. The fraction of sp³-hybridized carbons (Fsp3) is 0.444. The van der Waals surface area contributed by atoms with Gasteiger partial charge >= 0.3 is 0 Å². The number of methoxy groups -OCH3 is 1. The van der Waals surface area contributed by atoms with Crippen LogP contribution < -0.4 is 9.47 Å². The summed E-state index contributed by atoms with van der Waals surface area (Å²) in [6.45, 7) is 6.74. The molecule has 1 aliphatic heterocycles. The lowest BCUT2D eigenvalue weighted by molar-refractivity contribution is 0.117. The van der Waals surface area contributed by atoms with Crippen molar-refractivity contribution in [3.63, 3.8) is 0 Å². The first-order valence-corrected chi connectivity index (χ1v) is 8.69. The molecule has 0 saturated heterocycles. The minimum Gasteiger partial charge on any atom is -0.493 e. The summed E-state index contributed by atoms with van der Waals surface area (Å²) in [6.07, 6.45) is -0.346. The van der Waals surface area contributed by atoms with E-state index in [-0.39, 0.29) is 6.10 Å². The first kappa shape index (κ1) is 16.3. The van der Waals surface area contributed by atoms with Gasteiger partial charge in [0.15, 0.2) is 11.5 Å². The molecular weight excluding hydrogens is 310 g/mol. The topological polar surface area (TPSA) is 41.9 Å². The van der Waals surface area contributed by atoms with Crippen molar-refractivity contribution in [2.45, 2.75) is 26.5 Å². The summed E-state index contributed by atoms with van der Waals surface area (Å²) < 4.78 is 11.5. The molecule has 0 radical (unpaired) electrons. The SMILES string of the molecule is COc1cc(-c2ccc(C)s2)cc2c1OCCN(C[C@H](C)O)C2. The number of benzene rings is 1. The molecule has 4 nitrogen and oxygen atoms in total. The van der Waals surface area contributed by atoms with Crippen LogP contribution in [-0.4, -0.2) is 42.9 Å². The first-order valence-electron chi connectivity index (χ1n) is 7.87. The average Bonchev–Trinajstić information content (AvgIpc) is 2.83. The van der Waals surface area contributed by atoms with Crippen LogP contribution in [0.2, 0.25) is 0 Å². The number of thiophene rings is 1. The van der Waals surface area contributed by atoms with E-state index in [9.17, 15) is 5.11 Å². The molecule has 0 bridgehead atoms. The number of aliphatic hydroxyl groups excluding tert-OH is 1. The highest BCUT2D eigenvalue weighted by Crippen LogP contribution is 2.39. The second kappa shape index (κ2) is 6.91. The second-order valence-corrected chi connectivity index (χ2v) is 7.30. The zero-order valence-corrected chi connectivity index (χ0v) is 14.7. The number of nitrogens with zero attached hydrogens (tertiary/aromatic N) is 1. The van der Waals surface area contributed by atoms with Crippen LogP contribution in [0.25, 0.3) is 10.4 Å². The molecule has 1 aromatic carbocycles. The third-order valence-electron chi connectivity index (χ3n) is 3.95. The molecule has 2 heterocycles. The van der Waals surface area contributed by atoms with Crippen molar-refractivity contribution in [2.75, 3.05) is 26.8 Å². The van der Waals surface area contributed by atoms with Crippen molar-refractivity contribution in [1.82, 2.24) is 4.90 Å². The van der Waals surface area contributed by atoms with Gasteiger partial charge in [0.2, 0.25) is 0 Å². The number of hydrogen-bond acceptors (Lipinski definition) is 5. The Hall–Kier alpha value is -1.56. The summed E-state index contributed by atoms with van der Waals surface area (Å²) in [7, 11) is 1.68. The zero-order chi connectivity index (χ0) is 16.4. The Labute approximate surface area is 141 Å². The van der Waals surface area contributed by atoms with Crippen molar-refractivity contribution < 1.29 is 14.6 Å². The van der Waals surface area contributed by atoms with Gasteiger partial charge in [-0.2, -0.15) is 0 Å². The van der Waals surface area contributed by atoms with Crippen molar-refractivity contribution in [1.29, 1.82) is 0 Å². The smallest absolute Gasteiger partial charge is 0.165 e. The number of β-amino-alcohol motifs (C(OH)–C–C–N with tert-alkyl or cyclic N) is 1. The highest BCUT2D eigenvalue weighted by Gasteiger charge is 2.21. The molecule has 1 N–H and O–H groups in total. The highest BCUT2D eigenvalue weighted by atomic mass is 32.1. The number of ether oxygens (including phenoxy) is 2. The lowest BCUT2D eigenvalue weighted by atomic mass is 10.1. The Morgan fingerprint density at radius 1 is 1.39 bits per heavy atom. The minimum absolute atomic E-state index is 0.346. The Morgan fingerprint density at radius 2 is 2.22 bits per heavy atom. The molecule has 0 amide bonds. The fourth-order valence-electron chi connectivity index (χ4n) is 2.95. The Morgan fingerprint density at radius 3 is 2.87 bits per heavy atom. The van der Waals surface area contributed by atoms with Crippen LogP contribution in [-0.2, 0) is 6.54 Å². The van der Waals surface area contributed by atoms with Gasteiger partial charge in [0.1, 0.15) is 6.61 Å². The molecule has 0 fully saturated rings. The molecule has 124 valence electrons. The zero-order valence-electron chi connectivity index (χ0n) is 13.8. The quantitative estimate of drug-likeness (QED) is 0.932. The predicted octanol–water partition coefficient (Wildman–Crippen LogP) is 3.31. The predicted molar refractivity (Wildman–Crippen MR) is 93.5 cm³/mol. The van der Waals surface area contributed by atoms with Crippen LogP contribution in [0.3, 0.4) is 0 Å². The summed E-state index contributed by atoms with van der Waals surface area (Å²) in [5.41, 5.74) is 2.27. The number of aliphatic hydroxyl groups is 1. The normalized spacial score (nSPS) is 16.3. The van der Waals surface area contributed by atoms with Gasteiger partial charge in [-0.05, 0) is 43.7 Å². The van der Waals surface area contributed by atoms with Gasteiger partial charge in [-0.1, -0.05) is 0 Å². The van der Waals surface area contributed by atoms with Crippen LogP contribution in [0.5, 0.6) is 11.5 Å². The molecule has 1 aromatic heterocycles. The molecular formula is C18H23NO3S. The van der Waals surface area contributed by atoms with E-state index in [0.717, 1.165) is 35.7 Å². The summed E-state index contributed by atoms with van der Waals surface area (Å²) in [4.78, 5) is 4.75. The Balaban J connectivity index is 1.99. The third kappa shape index (κ3) is 3.68. The van der Waals surface area contributed by atoms with Gasteiger partial charge < -0.3 is 14.6 Å². The maximum absolute atomic E-state index is 9.68. The molecule has 3 rings (SSSR count). The number of rotatable bonds is 4. The van der Waals surface area contributed by atoms with Crippen molar-refractivity contribution in [3.05, 3.63) is 34.7 Å². The van der Waals surface area contributed by atoms with E-state index in [2.05, 4.69) is 36.1 Å². The van der Waals surface area contributed by atoms with Gasteiger partial charge in [0.25, 0.3) is 0 Å². The van der Waals surface area contributed by atoms with Crippen LogP contribution >= 0.6 is 11.3 Å². The summed E-state index contributed by atoms with van der Waals surface area (Å²) in [6, 6.07) is 8.51. The highest BCUT2D eigenvalue weighted by molar-refractivity contribution is 7.15. The first-order chi connectivity index (χ1) is 11.1. The Bertz CT molecular complexity index is 681. The van der Waals surface area contributed by atoms with Gasteiger partial charge in [0, 0.05) is 35.0 Å². The molecule has 0 unspecified atom stereocenters. The Kier molecular flexibility index (Phi) is 4.90. The van der Waals surface area contributed by atoms with Gasteiger partial charge in [-0.15, -0.1) is 11.3 Å². The standard InChI is InChI=1S/C18H23NO3S/c1-12(20)10-19-6-7-22-18-15(11-19)8-14(9-16(18)21-3)17-5-4-13(2)23-17/h4-5,8-9,12,20H,6-7,10-11H2,1-3H3/t12-/m0/s1. The molecule has 0 spiro atoms. The molecule has 0 aliphatic carbocycles. The van der Waals surface area contributed by atoms with E-state index in [1.807, 2.05) is 6.92 Å². The largest absolute Gasteiger partial charge is 0.493 e. The maximum atomic E-state index is 9.68. The number of aryl methyl sites for hydroxylation is 1. The second-order valence-electron chi connectivity index (χ2n) is 6.01. The van der Waals surface area contributed by atoms with E-state index < -0.39 is 0 Å². The van der Waals surface area contributed by atoms with Crippen molar-refractivity contribution in [3.8, 4) is 21.9 Å². The van der Waals surface area contributed by atoms with Crippen LogP contribution in [0.15, 0.2) is 24.3 Å². The van der Waals surface area contributed by atoms with E-state index in [1.165, 1.54) is 9.75 Å². The monoisotopic (exact) mass is 333 g/mol. The molecule has 0 saturated carbocycles. The van der Waals surface area contributed by atoms with Gasteiger partial charge in [-0.25, -0.2) is 0 Å². The third-order valence-corrected chi connectivity index (χ3v) is 5.00. The molecule has 2 aromatic rings. The summed E-state index contributed by atoms with van der Waals surface area (Å²) >= 11 is 1.78. The molecule has 5 heteroatoms. The van der Waals surface area contributed by atoms with Crippen molar-refractivity contribution in [2.24, 2.45) is 0 Å². The van der Waals surface area contributed by atoms with Crippen molar-refractivity contribution >= 4 is 11.3 Å². The van der Waals surface area contributed by atoms with Gasteiger partial charge in [-0.3, -0.25) is 4.90 Å². The lowest BCUT2D eigenvalue weighted by Gasteiger charge is -2.21. The minimum atomic E-state index is -0.346. The van der Waals surface area contributed by atoms with Gasteiger partial charge in [0.05, 0.1) is 13.2 Å². The van der Waals surface area contributed by atoms with E-state index in [1.54, 1.807) is 18.4 Å². The molecule has 1 atom stereocenters. The van der Waals surface area contributed by atoms with Crippen LogP contribution in [0, 0.1) is 6.92 Å². The fourth-order valence-corrected chi connectivity index (χ4v) is 3.81. The number of fused-ring (bicyclic) bond motifs is 1.